The van der Waals surface area contributed by atoms with Crippen LogP contribution in [0.1, 0.15) is 11.1 Å². The molecule has 2 nitrogen and oxygen atoms in total. The van der Waals surface area contributed by atoms with Crippen molar-refractivity contribution in [2.45, 2.75) is 13.1 Å². The number of thiophene rings is 1. The van der Waals surface area contributed by atoms with Gasteiger partial charge in [0.1, 0.15) is 0 Å². The van der Waals surface area contributed by atoms with Crippen molar-refractivity contribution in [3.8, 4) is 10.6 Å². The standard InChI is InChI=1S/C21H20N2S/c1-23-19-11-6-5-10-17(19)18(21(23)20-12-7-13-24-20)15-22-14-16-8-3-2-4-9-16/h2-13,22H,14-15H2,1H3. The van der Waals surface area contributed by atoms with Gasteiger partial charge >= 0.3 is 0 Å². The summed E-state index contributed by atoms with van der Waals surface area (Å²) >= 11 is 1.80. The summed E-state index contributed by atoms with van der Waals surface area (Å²) in [7, 11) is 2.16. The van der Waals surface area contributed by atoms with Crippen molar-refractivity contribution in [1.29, 1.82) is 0 Å². The minimum absolute atomic E-state index is 0.865. The number of rotatable bonds is 5. The van der Waals surface area contributed by atoms with E-state index in [0.717, 1.165) is 13.1 Å². The van der Waals surface area contributed by atoms with Gasteiger partial charge in [-0.3, -0.25) is 0 Å². The van der Waals surface area contributed by atoms with E-state index in [1.807, 2.05) is 0 Å². The molecule has 0 spiro atoms. The Morgan fingerprint density at radius 1 is 0.875 bits per heavy atom. The van der Waals surface area contributed by atoms with Gasteiger partial charge < -0.3 is 9.88 Å². The maximum Gasteiger partial charge on any atom is 0.0635 e. The summed E-state index contributed by atoms with van der Waals surface area (Å²) in [6.45, 7) is 1.75. The third-order valence-electron chi connectivity index (χ3n) is 4.44. The molecule has 0 aliphatic carbocycles. The van der Waals surface area contributed by atoms with E-state index >= 15 is 0 Å². The molecular weight excluding hydrogens is 312 g/mol. The van der Waals surface area contributed by atoms with E-state index < -0.39 is 0 Å². The summed E-state index contributed by atoms with van der Waals surface area (Å²) in [6, 6.07) is 23.6. The molecule has 0 fully saturated rings. The van der Waals surface area contributed by atoms with Gasteiger partial charge in [-0.05, 0) is 23.1 Å². The van der Waals surface area contributed by atoms with Crippen LogP contribution in [0.25, 0.3) is 21.5 Å². The van der Waals surface area contributed by atoms with Crippen molar-refractivity contribution >= 4 is 22.2 Å². The van der Waals surface area contributed by atoms with E-state index in [2.05, 4.69) is 89.0 Å². The summed E-state index contributed by atoms with van der Waals surface area (Å²) < 4.78 is 2.32. The molecule has 0 unspecified atom stereocenters. The first-order valence-electron chi connectivity index (χ1n) is 8.19. The second-order valence-electron chi connectivity index (χ2n) is 5.97. The van der Waals surface area contributed by atoms with Gasteiger partial charge in [-0.2, -0.15) is 0 Å². The van der Waals surface area contributed by atoms with Crippen LogP contribution in [-0.4, -0.2) is 4.57 Å². The number of benzene rings is 2. The second-order valence-corrected chi connectivity index (χ2v) is 6.92. The van der Waals surface area contributed by atoms with Gasteiger partial charge in [0.2, 0.25) is 0 Å². The van der Waals surface area contributed by atoms with Crippen LogP contribution in [0.4, 0.5) is 0 Å². The highest BCUT2D eigenvalue weighted by Crippen LogP contribution is 2.35. The summed E-state index contributed by atoms with van der Waals surface area (Å²) in [5, 5.41) is 7.10. The quantitative estimate of drug-likeness (QED) is 0.532. The fraction of sp³-hybridized carbons (Fsp3) is 0.143. The number of fused-ring (bicyclic) bond motifs is 1. The number of para-hydroxylation sites is 1. The number of hydrogen-bond acceptors (Lipinski definition) is 2. The summed E-state index contributed by atoms with van der Waals surface area (Å²) in [4.78, 5) is 1.32. The van der Waals surface area contributed by atoms with Gasteiger partial charge in [0.25, 0.3) is 0 Å². The highest BCUT2D eigenvalue weighted by atomic mass is 32.1. The molecule has 0 amide bonds. The first-order valence-corrected chi connectivity index (χ1v) is 9.07. The monoisotopic (exact) mass is 332 g/mol. The predicted molar refractivity (Wildman–Crippen MR) is 103 cm³/mol. The molecule has 1 N–H and O–H groups in total. The van der Waals surface area contributed by atoms with Crippen molar-refractivity contribution in [2.75, 3.05) is 0 Å². The smallest absolute Gasteiger partial charge is 0.0635 e. The van der Waals surface area contributed by atoms with Crippen molar-refractivity contribution in [2.24, 2.45) is 7.05 Å². The lowest BCUT2D eigenvalue weighted by atomic mass is 10.1. The molecule has 2 aromatic heterocycles. The maximum atomic E-state index is 3.62. The van der Waals surface area contributed by atoms with Crippen LogP contribution in [-0.2, 0) is 20.1 Å². The zero-order valence-corrected chi connectivity index (χ0v) is 14.5. The van der Waals surface area contributed by atoms with E-state index in [1.54, 1.807) is 11.3 Å². The summed E-state index contributed by atoms with van der Waals surface area (Å²) in [5.41, 5.74) is 5.31. The Balaban J connectivity index is 1.69. The Hall–Kier alpha value is -2.36. The SMILES string of the molecule is Cn1c(-c2cccs2)c(CNCc2ccccc2)c2ccccc21. The highest BCUT2D eigenvalue weighted by molar-refractivity contribution is 7.13. The topological polar surface area (TPSA) is 17.0 Å². The molecule has 4 rings (SSSR count). The Bertz CT molecular complexity index is 937. The third-order valence-corrected chi connectivity index (χ3v) is 5.32. The molecule has 0 aliphatic rings. The lowest BCUT2D eigenvalue weighted by molar-refractivity contribution is 0.696. The Morgan fingerprint density at radius 2 is 1.67 bits per heavy atom. The van der Waals surface area contributed by atoms with Crippen LogP contribution in [0.5, 0.6) is 0 Å². The molecule has 0 atom stereocenters. The fourth-order valence-corrected chi connectivity index (χ4v) is 4.14. The van der Waals surface area contributed by atoms with Crippen molar-refractivity contribution < 1.29 is 0 Å². The van der Waals surface area contributed by atoms with Gasteiger partial charge in [-0.1, -0.05) is 54.6 Å². The van der Waals surface area contributed by atoms with Crippen LogP contribution in [0.3, 0.4) is 0 Å². The van der Waals surface area contributed by atoms with Crippen molar-refractivity contribution in [3.63, 3.8) is 0 Å². The highest BCUT2D eigenvalue weighted by Gasteiger charge is 2.16. The van der Waals surface area contributed by atoms with Crippen LogP contribution >= 0.6 is 11.3 Å². The molecule has 0 aliphatic heterocycles. The van der Waals surface area contributed by atoms with Gasteiger partial charge in [0.05, 0.1) is 10.6 Å². The van der Waals surface area contributed by atoms with E-state index in [-0.39, 0.29) is 0 Å². The maximum absolute atomic E-state index is 3.62. The molecule has 0 saturated carbocycles. The largest absolute Gasteiger partial charge is 0.343 e. The van der Waals surface area contributed by atoms with Crippen LogP contribution in [0.2, 0.25) is 0 Å². The van der Waals surface area contributed by atoms with Crippen LogP contribution in [0.15, 0.2) is 72.1 Å². The van der Waals surface area contributed by atoms with Gasteiger partial charge in [-0.25, -0.2) is 0 Å². The number of hydrogen-bond donors (Lipinski definition) is 1. The van der Waals surface area contributed by atoms with Crippen molar-refractivity contribution in [1.82, 2.24) is 9.88 Å². The molecular formula is C21H20N2S. The number of aromatic nitrogens is 1. The molecule has 0 radical (unpaired) electrons. The predicted octanol–water partition coefficient (Wildman–Crippen LogP) is 5.20. The Labute approximate surface area is 146 Å². The fourth-order valence-electron chi connectivity index (χ4n) is 3.31. The molecule has 4 aromatic rings. The minimum Gasteiger partial charge on any atom is -0.343 e. The molecule has 0 saturated heterocycles. The summed E-state index contributed by atoms with van der Waals surface area (Å²) in [5.74, 6) is 0. The Morgan fingerprint density at radius 3 is 2.46 bits per heavy atom. The molecule has 24 heavy (non-hydrogen) atoms. The average Bonchev–Trinajstić information content (AvgIpc) is 3.24. The normalized spacial score (nSPS) is 11.2. The number of aryl methyl sites for hydroxylation is 1. The zero-order chi connectivity index (χ0) is 16.4. The first kappa shape index (κ1) is 15.2. The van der Waals surface area contributed by atoms with E-state index in [9.17, 15) is 0 Å². The van der Waals surface area contributed by atoms with E-state index in [4.69, 9.17) is 0 Å². The molecule has 0 bridgehead atoms. The number of nitrogens with zero attached hydrogens (tertiary/aromatic N) is 1. The zero-order valence-electron chi connectivity index (χ0n) is 13.7. The lowest BCUT2D eigenvalue weighted by Gasteiger charge is -2.08. The molecule has 3 heteroatoms. The number of nitrogens with one attached hydrogen (secondary N) is 1. The van der Waals surface area contributed by atoms with Gasteiger partial charge in [0.15, 0.2) is 0 Å². The molecule has 2 aromatic carbocycles. The van der Waals surface area contributed by atoms with Gasteiger partial charge in [0, 0.05) is 36.6 Å². The van der Waals surface area contributed by atoms with E-state index in [1.165, 1.54) is 32.6 Å². The third kappa shape index (κ3) is 2.77. The van der Waals surface area contributed by atoms with Crippen LogP contribution < -0.4 is 5.32 Å². The molecule has 2 heterocycles. The average molecular weight is 332 g/mol. The minimum atomic E-state index is 0.865. The first-order chi connectivity index (χ1) is 11.8. The van der Waals surface area contributed by atoms with Gasteiger partial charge in [-0.15, -0.1) is 11.3 Å². The van der Waals surface area contributed by atoms with Crippen molar-refractivity contribution in [3.05, 3.63) is 83.2 Å². The molecule has 120 valence electrons. The Kier molecular flexibility index (Phi) is 4.20. The van der Waals surface area contributed by atoms with Crippen LogP contribution in [0, 0.1) is 0 Å². The lowest BCUT2D eigenvalue weighted by Crippen LogP contribution is -2.13. The summed E-state index contributed by atoms with van der Waals surface area (Å²) in [6.07, 6.45) is 0. The van der Waals surface area contributed by atoms with E-state index in [0.29, 0.717) is 0 Å². The second kappa shape index (κ2) is 6.63.